The second kappa shape index (κ2) is 53.7. The number of amides is 1. The molecule has 1 rings (SSSR count). The molecule has 9 atom stereocenters. The van der Waals surface area contributed by atoms with E-state index in [-0.39, 0.29) is 12.8 Å². The lowest BCUT2D eigenvalue weighted by atomic mass is 9.98. The lowest BCUT2D eigenvalue weighted by Crippen LogP contribution is -2.60. The summed E-state index contributed by atoms with van der Waals surface area (Å²) in [6.07, 6.45) is 58.0. The van der Waals surface area contributed by atoms with E-state index in [2.05, 4.69) is 67.8 Å². The largest absolute Gasteiger partial charge is 0.394 e. The summed E-state index contributed by atoms with van der Waals surface area (Å²) in [5.74, 6) is -0.710. The highest BCUT2D eigenvalue weighted by molar-refractivity contribution is 5.80. The molecule has 11 nitrogen and oxygen atoms in total. The summed E-state index contributed by atoms with van der Waals surface area (Å²) in [5.41, 5.74) is 0. The minimum Gasteiger partial charge on any atom is -0.394 e. The Morgan fingerprint density at radius 2 is 0.842 bits per heavy atom. The van der Waals surface area contributed by atoms with Gasteiger partial charge in [0.2, 0.25) is 5.91 Å². The van der Waals surface area contributed by atoms with Crippen LogP contribution in [0.5, 0.6) is 0 Å². The van der Waals surface area contributed by atoms with E-state index in [1.165, 1.54) is 199 Å². The molecule has 1 fully saturated rings. The summed E-state index contributed by atoms with van der Waals surface area (Å²) in [4.78, 5) is 13.2. The molecule has 1 aliphatic rings. The highest BCUT2D eigenvalue weighted by atomic mass is 16.7. The number of nitrogens with one attached hydrogen (secondary N) is 1. The molecule has 0 bridgehead atoms. The van der Waals surface area contributed by atoms with E-state index in [0.29, 0.717) is 19.3 Å². The van der Waals surface area contributed by atoms with Gasteiger partial charge in [0, 0.05) is 0 Å². The van der Waals surface area contributed by atoms with Crippen LogP contribution >= 0.6 is 0 Å². The first kappa shape index (κ1) is 72.1. The molecule has 1 aliphatic heterocycles. The van der Waals surface area contributed by atoms with Gasteiger partial charge in [0.25, 0.3) is 0 Å². The van der Waals surface area contributed by atoms with Gasteiger partial charge >= 0.3 is 0 Å². The van der Waals surface area contributed by atoms with Gasteiger partial charge in [-0.3, -0.25) is 4.79 Å². The van der Waals surface area contributed by atoms with Crippen molar-refractivity contribution in [2.75, 3.05) is 13.2 Å². The number of rotatable bonds is 55. The van der Waals surface area contributed by atoms with Crippen LogP contribution in [0.3, 0.4) is 0 Å². The first-order valence-corrected chi connectivity index (χ1v) is 32.0. The molecule has 1 saturated heterocycles. The van der Waals surface area contributed by atoms with Crippen LogP contribution in [0.15, 0.2) is 48.6 Å². The van der Waals surface area contributed by atoms with Gasteiger partial charge < -0.3 is 50.5 Å². The minimum atomic E-state index is -1.67. The van der Waals surface area contributed by atoms with Crippen molar-refractivity contribution in [1.82, 2.24) is 5.32 Å². The van der Waals surface area contributed by atoms with Crippen LogP contribution in [0.2, 0.25) is 0 Å². The lowest BCUT2D eigenvalue weighted by molar-refractivity contribution is -0.303. The Labute approximate surface area is 466 Å². The molecule has 9 unspecified atom stereocenters. The van der Waals surface area contributed by atoms with Crippen molar-refractivity contribution in [3.05, 3.63) is 48.6 Å². The Balaban J connectivity index is 2.11. The first-order valence-electron chi connectivity index (χ1n) is 32.0. The van der Waals surface area contributed by atoms with Crippen LogP contribution in [0.1, 0.15) is 290 Å². The smallest absolute Gasteiger partial charge is 0.249 e. The zero-order chi connectivity index (χ0) is 55.4. The van der Waals surface area contributed by atoms with E-state index < -0.39 is 74.2 Å². The Hall–Kier alpha value is -1.93. The molecule has 446 valence electrons. The highest BCUT2D eigenvalue weighted by Gasteiger charge is 2.44. The van der Waals surface area contributed by atoms with Gasteiger partial charge in [-0.05, 0) is 77.0 Å². The predicted molar refractivity (Wildman–Crippen MR) is 316 cm³/mol. The van der Waals surface area contributed by atoms with Gasteiger partial charge in [-0.15, -0.1) is 0 Å². The van der Waals surface area contributed by atoms with E-state index in [1.807, 2.05) is 0 Å². The maximum absolute atomic E-state index is 13.2. The summed E-state index contributed by atoms with van der Waals surface area (Å²) in [5, 5.41) is 75.9. The number of aliphatic hydroxyl groups excluding tert-OH is 7. The van der Waals surface area contributed by atoms with E-state index >= 15 is 0 Å². The SMILES string of the molecule is CCCC/C=C/CC/C=C/CCCC(O)C(O)C(COC1OC(CO)C(O)C(O)C1O)NC(=O)C(O)CCCCCCCCCCCCCCCCCC/C=C\C/C=C\CCCCCCCCCCCCCCCCC. The number of ether oxygens (including phenoxy) is 2. The topological polar surface area (TPSA) is 189 Å². The summed E-state index contributed by atoms with van der Waals surface area (Å²) in [7, 11) is 0. The average Bonchev–Trinajstić information content (AvgIpc) is 3.42. The second-order valence-corrected chi connectivity index (χ2v) is 22.5. The molecule has 0 aromatic heterocycles. The van der Waals surface area contributed by atoms with Crippen LogP contribution in [-0.2, 0) is 14.3 Å². The zero-order valence-electron chi connectivity index (χ0n) is 49.0. The number of hydrogen-bond donors (Lipinski definition) is 8. The van der Waals surface area contributed by atoms with Gasteiger partial charge in [-0.25, -0.2) is 0 Å². The van der Waals surface area contributed by atoms with Gasteiger partial charge in [0.1, 0.15) is 36.6 Å². The predicted octanol–water partition coefficient (Wildman–Crippen LogP) is 14.4. The molecular formula is C65H121NO10. The molecule has 1 amide bonds. The Bertz CT molecular complexity index is 1370. The molecular weight excluding hydrogens is 955 g/mol. The fourth-order valence-electron chi connectivity index (χ4n) is 10.1. The third-order valence-corrected chi connectivity index (χ3v) is 15.3. The molecule has 76 heavy (non-hydrogen) atoms. The van der Waals surface area contributed by atoms with E-state index in [4.69, 9.17) is 9.47 Å². The van der Waals surface area contributed by atoms with Gasteiger partial charge in [-0.1, -0.05) is 262 Å². The van der Waals surface area contributed by atoms with Crippen molar-refractivity contribution < 1.29 is 50.0 Å². The van der Waals surface area contributed by atoms with Crippen LogP contribution in [0, 0.1) is 0 Å². The third-order valence-electron chi connectivity index (χ3n) is 15.3. The fourth-order valence-corrected chi connectivity index (χ4v) is 10.1. The van der Waals surface area contributed by atoms with Crippen molar-refractivity contribution in [3.63, 3.8) is 0 Å². The summed E-state index contributed by atoms with van der Waals surface area (Å²) < 4.78 is 11.1. The summed E-state index contributed by atoms with van der Waals surface area (Å²) in [6.45, 7) is 3.39. The molecule has 0 aromatic carbocycles. The number of carbonyl (C=O) groups is 1. The van der Waals surface area contributed by atoms with Gasteiger partial charge in [0.05, 0.1) is 25.4 Å². The third kappa shape index (κ3) is 41.1. The monoisotopic (exact) mass is 1080 g/mol. The van der Waals surface area contributed by atoms with Crippen molar-refractivity contribution >= 4 is 5.91 Å². The number of unbranched alkanes of at least 4 members (excludes halogenated alkanes) is 35. The normalized spacial score (nSPS) is 19.9. The molecule has 1 heterocycles. The average molecular weight is 1080 g/mol. The molecule has 0 radical (unpaired) electrons. The van der Waals surface area contributed by atoms with Gasteiger partial charge in [-0.2, -0.15) is 0 Å². The molecule has 8 N–H and O–H groups in total. The van der Waals surface area contributed by atoms with Crippen LogP contribution in [-0.4, -0.2) is 110 Å². The van der Waals surface area contributed by atoms with Crippen LogP contribution < -0.4 is 5.32 Å². The molecule has 0 spiro atoms. The van der Waals surface area contributed by atoms with E-state index in [9.17, 15) is 40.5 Å². The highest BCUT2D eigenvalue weighted by Crippen LogP contribution is 2.23. The number of carbonyl (C=O) groups excluding carboxylic acids is 1. The quantitative estimate of drug-likeness (QED) is 0.0215. The number of aliphatic hydroxyl groups is 7. The number of allylic oxidation sites excluding steroid dienone is 8. The maximum Gasteiger partial charge on any atom is 0.249 e. The van der Waals surface area contributed by atoms with Crippen molar-refractivity contribution in [2.24, 2.45) is 0 Å². The van der Waals surface area contributed by atoms with Crippen LogP contribution in [0.4, 0.5) is 0 Å². The van der Waals surface area contributed by atoms with Crippen molar-refractivity contribution in [2.45, 2.75) is 345 Å². The molecule has 11 heteroatoms. The lowest BCUT2D eigenvalue weighted by Gasteiger charge is -2.40. The van der Waals surface area contributed by atoms with E-state index in [1.54, 1.807) is 0 Å². The van der Waals surface area contributed by atoms with Crippen molar-refractivity contribution in [3.8, 4) is 0 Å². The number of hydrogen-bond acceptors (Lipinski definition) is 10. The molecule has 0 aromatic rings. The first-order chi connectivity index (χ1) is 37.2. The second-order valence-electron chi connectivity index (χ2n) is 22.5. The fraction of sp³-hybridized carbons (Fsp3) is 0.862. The Morgan fingerprint density at radius 3 is 1.29 bits per heavy atom. The molecule has 0 aliphatic carbocycles. The van der Waals surface area contributed by atoms with Gasteiger partial charge in [0.15, 0.2) is 6.29 Å². The van der Waals surface area contributed by atoms with Crippen molar-refractivity contribution in [1.29, 1.82) is 0 Å². The minimum absolute atomic E-state index is 0.245. The standard InChI is InChI=1S/C65H121NO10/c1-3-5-7-9-11-13-15-16-17-18-19-20-21-22-23-24-25-26-27-28-29-30-31-32-33-34-35-36-37-38-39-40-41-43-45-47-49-51-53-58(69)64(74)66-56(55-75-65-63(73)62(72)61(71)59(54-67)76-65)60(70)57(68)52-50-48-46-44-42-14-12-10-8-6-4-2/h10,12,25-26,28-29,44,46,56-63,65,67-73H,3-9,11,13-24,27,30-43,45,47-55H2,1-2H3,(H,66,74)/b12-10+,26-25-,29-28-,46-44+. The van der Waals surface area contributed by atoms with E-state index in [0.717, 1.165) is 44.9 Å². The zero-order valence-corrected chi connectivity index (χ0v) is 49.0. The maximum atomic E-state index is 13.2. The van der Waals surface area contributed by atoms with Crippen LogP contribution in [0.25, 0.3) is 0 Å². The summed E-state index contributed by atoms with van der Waals surface area (Å²) >= 11 is 0. The Morgan fingerprint density at radius 1 is 0.461 bits per heavy atom. The summed E-state index contributed by atoms with van der Waals surface area (Å²) in [6, 6.07) is -1.19. The molecule has 0 saturated carbocycles. The Kier molecular flexibility index (Phi) is 50.9.